The number of halogens is 1. The Morgan fingerprint density at radius 3 is 2.32 bits per heavy atom. The highest BCUT2D eigenvalue weighted by Gasteiger charge is 2.26. The normalized spacial score (nSPS) is 11.8. The molecule has 3 aromatic carbocycles. The van der Waals surface area contributed by atoms with E-state index < -0.39 is 0 Å². The minimum absolute atomic E-state index is 0.0747. The quantitative estimate of drug-likeness (QED) is 0.617. The standard InChI is InChI=1S/C21H14FNO2/c22-19-8-4-1-5-14(19)12-23-21(25)13-9-10-16-15-6-2-3-7-17(15)20(24)18(16)11-13/h1-11H,12H2,(H,23,25). The zero-order valence-electron chi connectivity index (χ0n) is 13.3. The van der Waals surface area contributed by atoms with E-state index in [0.29, 0.717) is 22.3 Å². The number of fused-ring (bicyclic) bond motifs is 3. The Morgan fingerprint density at radius 2 is 1.52 bits per heavy atom. The molecule has 1 amide bonds. The summed E-state index contributed by atoms with van der Waals surface area (Å²) in [5.74, 6) is -0.772. The summed E-state index contributed by atoms with van der Waals surface area (Å²) < 4.78 is 13.6. The van der Waals surface area contributed by atoms with Crippen LogP contribution in [0.1, 0.15) is 31.8 Å². The Morgan fingerprint density at radius 1 is 0.840 bits per heavy atom. The second-order valence-electron chi connectivity index (χ2n) is 5.91. The molecule has 1 aliphatic carbocycles. The molecule has 4 heteroatoms. The minimum atomic E-state index is -0.359. The predicted molar refractivity (Wildman–Crippen MR) is 92.9 cm³/mol. The van der Waals surface area contributed by atoms with Crippen molar-refractivity contribution in [1.29, 1.82) is 0 Å². The monoisotopic (exact) mass is 331 g/mol. The third-order valence-corrected chi connectivity index (χ3v) is 4.39. The number of nitrogens with one attached hydrogen (secondary N) is 1. The van der Waals surface area contributed by atoms with Crippen LogP contribution in [0.4, 0.5) is 4.39 Å². The van der Waals surface area contributed by atoms with E-state index in [1.807, 2.05) is 18.2 Å². The van der Waals surface area contributed by atoms with Crippen molar-refractivity contribution in [2.45, 2.75) is 6.54 Å². The molecular formula is C21H14FNO2. The second kappa shape index (κ2) is 5.98. The third-order valence-electron chi connectivity index (χ3n) is 4.39. The maximum Gasteiger partial charge on any atom is 0.251 e. The maximum absolute atomic E-state index is 13.6. The molecule has 0 heterocycles. The number of ketones is 1. The molecule has 0 aromatic heterocycles. The summed E-state index contributed by atoms with van der Waals surface area (Å²) in [4.78, 5) is 24.9. The van der Waals surface area contributed by atoms with Crippen molar-refractivity contribution in [3.05, 3.63) is 94.8 Å². The fourth-order valence-electron chi connectivity index (χ4n) is 3.09. The fourth-order valence-corrected chi connectivity index (χ4v) is 3.09. The van der Waals surface area contributed by atoms with Gasteiger partial charge in [-0.05, 0) is 29.3 Å². The minimum Gasteiger partial charge on any atom is -0.348 e. The zero-order valence-corrected chi connectivity index (χ0v) is 13.3. The lowest BCUT2D eigenvalue weighted by atomic mass is 10.0. The molecule has 0 atom stereocenters. The number of rotatable bonds is 3. The van der Waals surface area contributed by atoms with Crippen LogP contribution in [0.5, 0.6) is 0 Å². The van der Waals surface area contributed by atoms with Crippen LogP contribution < -0.4 is 5.32 Å². The third kappa shape index (κ3) is 2.62. The molecule has 3 nitrogen and oxygen atoms in total. The number of benzene rings is 3. The molecule has 1 aliphatic rings. The van der Waals surface area contributed by atoms with Crippen molar-refractivity contribution in [3.8, 4) is 11.1 Å². The molecular weight excluding hydrogens is 317 g/mol. The molecule has 0 bridgehead atoms. The van der Waals surface area contributed by atoms with Crippen LogP contribution >= 0.6 is 0 Å². The van der Waals surface area contributed by atoms with Crippen LogP contribution in [-0.4, -0.2) is 11.7 Å². The van der Waals surface area contributed by atoms with E-state index in [4.69, 9.17) is 0 Å². The van der Waals surface area contributed by atoms with Crippen LogP contribution in [0.2, 0.25) is 0 Å². The Hall–Kier alpha value is -3.27. The summed E-state index contributed by atoms with van der Waals surface area (Å²) in [6.07, 6.45) is 0. The van der Waals surface area contributed by atoms with Gasteiger partial charge in [0.1, 0.15) is 5.82 Å². The summed E-state index contributed by atoms with van der Waals surface area (Å²) in [6.45, 7) is 0.0940. The van der Waals surface area contributed by atoms with Gasteiger partial charge in [-0.15, -0.1) is 0 Å². The topological polar surface area (TPSA) is 46.2 Å². The van der Waals surface area contributed by atoms with Gasteiger partial charge >= 0.3 is 0 Å². The molecule has 0 radical (unpaired) electrons. The number of hydrogen-bond donors (Lipinski definition) is 1. The molecule has 0 saturated heterocycles. The summed E-state index contributed by atoms with van der Waals surface area (Å²) in [7, 11) is 0. The first-order valence-corrected chi connectivity index (χ1v) is 7.95. The molecule has 1 N–H and O–H groups in total. The molecule has 25 heavy (non-hydrogen) atoms. The molecule has 0 unspecified atom stereocenters. The van der Waals surface area contributed by atoms with Crippen molar-refractivity contribution >= 4 is 11.7 Å². The summed E-state index contributed by atoms with van der Waals surface area (Å²) in [6, 6.07) is 18.8. The molecule has 0 fully saturated rings. The summed E-state index contributed by atoms with van der Waals surface area (Å²) in [5.41, 5.74) is 3.71. The lowest BCUT2D eigenvalue weighted by Gasteiger charge is -2.07. The zero-order chi connectivity index (χ0) is 17.4. The molecule has 0 saturated carbocycles. The Labute approximate surface area is 144 Å². The Kier molecular flexibility index (Phi) is 3.65. The highest BCUT2D eigenvalue weighted by atomic mass is 19.1. The molecule has 0 aliphatic heterocycles. The van der Waals surface area contributed by atoms with Crippen LogP contribution in [0, 0.1) is 5.82 Å². The van der Waals surface area contributed by atoms with Gasteiger partial charge in [0.2, 0.25) is 0 Å². The van der Waals surface area contributed by atoms with Crippen molar-refractivity contribution < 1.29 is 14.0 Å². The second-order valence-corrected chi connectivity index (χ2v) is 5.91. The largest absolute Gasteiger partial charge is 0.348 e. The first-order chi connectivity index (χ1) is 12.1. The number of amides is 1. The first kappa shape index (κ1) is 15.3. The molecule has 122 valence electrons. The van der Waals surface area contributed by atoms with Crippen molar-refractivity contribution in [1.82, 2.24) is 5.32 Å². The van der Waals surface area contributed by atoms with E-state index in [2.05, 4.69) is 5.32 Å². The molecule has 0 spiro atoms. The van der Waals surface area contributed by atoms with E-state index in [-0.39, 0.29) is 24.1 Å². The van der Waals surface area contributed by atoms with Crippen LogP contribution in [0.3, 0.4) is 0 Å². The number of carbonyl (C=O) groups excluding carboxylic acids is 2. The average Bonchev–Trinajstić information content (AvgIpc) is 2.93. The highest BCUT2D eigenvalue weighted by molar-refractivity contribution is 6.22. The van der Waals surface area contributed by atoms with E-state index in [0.717, 1.165) is 11.1 Å². The van der Waals surface area contributed by atoms with Gasteiger partial charge in [0, 0.05) is 28.8 Å². The SMILES string of the molecule is O=C(NCc1ccccc1F)c1ccc2c(c1)C(=O)c1ccccc1-2. The lowest BCUT2D eigenvalue weighted by molar-refractivity contribution is 0.0950. The van der Waals surface area contributed by atoms with E-state index in [1.54, 1.807) is 42.5 Å². The van der Waals surface area contributed by atoms with Crippen molar-refractivity contribution in [2.75, 3.05) is 0 Å². The first-order valence-electron chi connectivity index (χ1n) is 7.95. The van der Waals surface area contributed by atoms with Gasteiger partial charge in [-0.2, -0.15) is 0 Å². The van der Waals surface area contributed by atoms with Gasteiger partial charge in [0.15, 0.2) is 5.78 Å². The average molecular weight is 331 g/mol. The van der Waals surface area contributed by atoms with Gasteiger partial charge in [-0.3, -0.25) is 9.59 Å². The van der Waals surface area contributed by atoms with Crippen molar-refractivity contribution in [2.24, 2.45) is 0 Å². The van der Waals surface area contributed by atoms with Gasteiger partial charge in [-0.1, -0.05) is 48.5 Å². The molecule has 3 aromatic rings. The fraction of sp³-hybridized carbons (Fsp3) is 0.0476. The molecule has 4 rings (SSSR count). The summed E-state index contributed by atoms with van der Waals surface area (Å²) >= 11 is 0. The Balaban J connectivity index is 1.58. The van der Waals surface area contributed by atoms with E-state index in [9.17, 15) is 14.0 Å². The van der Waals surface area contributed by atoms with E-state index >= 15 is 0 Å². The number of hydrogen-bond acceptors (Lipinski definition) is 2. The smallest absolute Gasteiger partial charge is 0.251 e. The van der Waals surface area contributed by atoms with Gasteiger partial charge < -0.3 is 5.32 Å². The summed E-state index contributed by atoms with van der Waals surface area (Å²) in [5, 5.41) is 2.69. The van der Waals surface area contributed by atoms with Crippen LogP contribution in [0.25, 0.3) is 11.1 Å². The highest BCUT2D eigenvalue weighted by Crippen LogP contribution is 2.36. The lowest BCUT2D eigenvalue weighted by Crippen LogP contribution is -2.23. The Bertz CT molecular complexity index is 1010. The maximum atomic E-state index is 13.6. The van der Waals surface area contributed by atoms with Crippen molar-refractivity contribution in [3.63, 3.8) is 0 Å². The van der Waals surface area contributed by atoms with Gasteiger partial charge in [0.25, 0.3) is 5.91 Å². The van der Waals surface area contributed by atoms with Gasteiger partial charge in [-0.25, -0.2) is 4.39 Å². The number of carbonyl (C=O) groups is 2. The van der Waals surface area contributed by atoms with Crippen LogP contribution in [-0.2, 0) is 6.54 Å². The van der Waals surface area contributed by atoms with E-state index in [1.165, 1.54) is 6.07 Å². The van der Waals surface area contributed by atoms with Crippen LogP contribution in [0.15, 0.2) is 66.7 Å². The van der Waals surface area contributed by atoms with Gasteiger partial charge in [0.05, 0.1) is 0 Å². The predicted octanol–water partition coefficient (Wildman–Crippen LogP) is 3.97.